The van der Waals surface area contributed by atoms with Crippen molar-refractivity contribution in [2.45, 2.75) is 0 Å². The van der Waals surface area contributed by atoms with E-state index in [1.807, 2.05) is 18.2 Å². The molecular formula is C19H19ClN4O3. The van der Waals surface area contributed by atoms with E-state index in [2.05, 4.69) is 20.6 Å². The van der Waals surface area contributed by atoms with E-state index >= 15 is 0 Å². The van der Waals surface area contributed by atoms with Gasteiger partial charge in [0.05, 0.1) is 32.7 Å². The molecule has 1 aromatic heterocycles. The van der Waals surface area contributed by atoms with Gasteiger partial charge in [-0.25, -0.2) is 4.98 Å². The Balaban J connectivity index is 1.86. The van der Waals surface area contributed by atoms with E-state index in [4.69, 9.17) is 25.8 Å². The highest BCUT2D eigenvalue weighted by Gasteiger charge is 2.09. The van der Waals surface area contributed by atoms with E-state index in [1.165, 1.54) is 0 Å². The second kappa shape index (κ2) is 8.46. The lowest BCUT2D eigenvalue weighted by Gasteiger charge is -2.13. The number of halogens is 1. The van der Waals surface area contributed by atoms with E-state index in [-0.39, 0.29) is 0 Å². The van der Waals surface area contributed by atoms with Crippen molar-refractivity contribution in [1.82, 2.24) is 9.97 Å². The Morgan fingerprint density at radius 3 is 2.22 bits per heavy atom. The minimum absolute atomic E-state index is 0.391. The number of hydrogen-bond donors (Lipinski definition) is 2. The summed E-state index contributed by atoms with van der Waals surface area (Å²) in [6.45, 7) is 0. The molecule has 3 aromatic rings. The van der Waals surface area contributed by atoms with Crippen molar-refractivity contribution in [2.24, 2.45) is 0 Å². The van der Waals surface area contributed by atoms with Crippen LogP contribution in [0, 0.1) is 0 Å². The van der Waals surface area contributed by atoms with Gasteiger partial charge in [0.15, 0.2) is 0 Å². The normalized spacial score (nSPS) is 10.2. The first-order valence-corrected chi connectivity index (χ1v) is 8.43. The number of ether oxygens (including phenoxy) is 3. The molecule has 0 spiro atoms. The average Bonchev–Trinajstić information content (AvgIpc) is 2.68. The molecule has 0 saturated carbocycles. The summed E-state index contributed by atoms with van der Waals surface area (Å²) in [5.74, 6) is 2.98. The van der Waals surface area contributed by atoms with Gasteiger partial charge in [0, 0.05) is 17.3 Å². The smallest absolute Gasteiger partial charge is 0.229 e. The lowest BCUT2D eigenvalue weighted by Crippen LogP contribution is -2.02. The summed E-state index contributed by atoms with van der Waals surface area (Å²) in [5, 5.41) is 6.90. The van der Waals surface area contributed by atoms with Gasteiger partial charge in [-0.3, -0.25) is 0 Å². The fourth-order valence-electron chi connectivity index (χ4n) is 2.44. The number of methoxy groups -OCH3 is 3. The Hall–Kier alpha value is -3.19. The largest absolute Gasteiger partial charge is 0.497 e. The molecule has 27 heavy (non-hydrogen) atoms. The highest BCUT2D eigenvalue weighted by atomic mass is 35.5. The second-order valence-corrected chi connectivity index (χ2v) is 5.86. The van der Waals surface area contributed by atoms with Gasteiger partial charge in [-0.1, -0.05) is 11.6 Å². The number of rotatable bonds is 7. The maximum atomic E-state index is 6.07. The Kier molecular flexibility index (Phi) is 5.83. The van der Waals surface area contributed by atoms with Gasteiger partial charge in [0.2, 0.25) is 5.95 Å². The van der Waals surface area contributed by atoms with Gasteiger partial charge < -0.3 is 24.8 Å². The summed E-state index contributed by atoms with van der Waals surface area (Å²) >= 11 is 6.07. The van der Waals surface area contributed by atoms with Crippen LogP contribution < -0.4 is 24.8 Å². The Labute approximate surface area is 162 Å². The predicted octanol–water partition coefficient (Wildman–Crippen LogP) is 4.64. The van der Waals surface area contributed by atoms with E-state index in [9.17, 15) is 0 Å². The molecule has 2 N–H and O–H groups in total. The average molecular weight is 387 g/mol. The minimum atomic E-state index is 0.391. The van der Waals surface area contributed by atoms with Crippen LogP contribution in [0.1, 0.15) is 0 Å². The Morgan fingerprint density at radius 2 is 1.52 bits per heavy atom. The molecule has 3 rings (SSSR count). The number of nitrogens with one attached hydrogen (secondary N) is 2. The third kappa shape index (κ3) is 4.51. The monoisotopic (exact) mass is 386 g/mol. The molecule has 0 atom stereocenters. The first-order valence-electron chi connectivity index (χ1n) is 8.05. The van der Waals surface area contributed by atoms with Crippen LogP contribution in [0.2, 0.25) is 5.02 Å². The molecule has 0 unspecified atom stereocenters. The van der Waals surface area contributed by atoms with Crippen LogP contribution >= 0.6 is 11.6 Å². The molecule has 0 fully saturated rings. The zero-order chi connectivity index (χ0) is 19.2. The summed E-state index contributed by atoms with van der Waals surface area (Å²) in [4.78, 5) is 8.71. The van der Waals surface area contributed by atoms with Gasteiger partial charge in [0.1, 0.15) is 23.1 Å². The van der Waals surface area contributed by atoms with Crippen LogP contribution in [0.4, 0.5) is 23.1 Å². The number of anilines is 4. The third-order valence-corrected chi connectivity index (χ3v) is 3.97. The van der Waals surface area contributed by atoms with Crippen molar-refractivity contribution in [2.75, 3.05) is 32.0 Å². The van der Waals surface area contributed by atoms with Crippen LogP contribution in [0.15, 0.2) is 48.7 Å². The number of benzene rings is 2. The number of hydrogen-bond acceptors (Lipinski definition) is 7. The number of aromatic nitrogens is 2. The molecule has 0 radical (unpaired) electrons. The van der Waals surface area contributed by atoms with E-state index in [1.54, 1.807) is 51.8 Å². The Morgan fingerprint density at radius 1 is 0.815 bits per heavy atom. The van der Waals surface area contributed by atoms with Crippen LogP contribution in [0.3, 0.4) is 0 Å². The molecule has 140 valence electrons. The maximum absolute atomic E-state index is 6.07. The first-order chi connectivity index (χ1) is 13.1. The minimum Gasteiger partial charge on any atom is -0.497 e. The second-order valence-electron chi connectivity index (χ2n) is 5.43. The molecule has 0 amide bonds. The van der Waals surface area contributed by atoms with E-state index in [0.29, 0.717) is 39.7 Å². The first kappa shape index (κ1) is 18.6. The highest BCUT2D eigenvalue weighted by Crippen LogP contribution is 2.32. The number of nitrogens with zero attached hydrogens (tertiary/aromatic N) is 2. The highest BCUT2D eigenvalue weighted by molar-refractivity contribution is 6.31. The quantitative estimate of drug-likeness (QED) is 0.612. The van der Waals surface area contributed by atoms with Gasteiger partial charge in [-0.05, 0) is 36.4 Å². The molecular weight excluding hydrogens is 368 g/mol. The standard InChI is InChI=1S/C19H19ClN4O3/c1-25-13-5-7-17(27-3)15(11-13)22-18-8-9-21-19(24-18)23-14-10-12(20)4-6-16(14)26-2/h4-11H,1-3H3,(H2,21,22,23,24). The van der Waals surface area contributed by atoms with Crippen molar-refractivity contribution >= 4 is 34.7 Å². The fourth-order valence-corrected chi connectivity index (χ4v) is 2.61. The van der Waals surface area contributed by atoms with Crippen molar-refractivity contribution in [3.8, 4) is 17.2 Å². The summed E-state index contributed by atoms with van der Waals surface area (Å²) in [5.41, 5.74) is 1.39. The van der Waals surface area contributed by atoms with Crippen LogP contribution in [-0.2, 0) is 0 Å². The van der Waals surface area contributed by atoms with Crippen LogP contribution in [0.25, 0.3) is 0 Å². The third-order valence-electron chi connectivity index (χ3n) is 3.73. The fraction of sp³-hybridized carbons (Fsp3) is 0.158. The SMILES string of the molecule is COc1ccc(OC)c(Nc2ccnc(Nc3cc(Cl)ccc3OC)n2)c1. The zero-order valence-corrected chi connectivity index (χ0v) is 15.9. The summed E-state index contributed by atoms with van der Waals surface area (Å²) in [6.07, 6.45) is 1.64. The lowest BCUT2D eigenvalue weighted by atomic mass is 10.2. The predicted molar refractivity (Wildman–Crippen MR) is 106 cm³/mol. The maximum Gasteiger partial charge on any atom is 0.229 e. The van der Waals surface area contributed by atoms with E-state index < -0.39 is 0 Å². The van der Waals surface area contributed by atoms with Gasteiger partial charge >= 0.3 is 0 Å². The summed E-state index contributed by atoms with van der Waals surface area (Å²) < 4.78 is 16.0. The zero-order valence-electron chi connectivity index (χ0n) is 15.1. The molecule has 0 aliphatic rings. The van der Waals surface area contributed by atoms with Crippen molar-refractivity contribution in [3.63, 3.8) is 0 Å². The van der Waals surface area contributed by atoms with Crippen molar-refractivity contribution in [1.29, 1.82) is 0 Å². The Bertz CT molecular complexity index is 937. The molecule has 7 nitrogen and oxygen atoms in total. The molecule has 0 aliphatic carbocycles. The van der Waals surface area contributed by atoms with Gasteiger partial charge in [-0.2, -0.15) is 4.98 Å². The molecule has 1 heterocycles. The van der Waals surface area contributed by atoms with Crippen molar-refractivity contribution in [3.05, 3.63) is 53.7 Å². The topological polar surface area (TPSA) is 77.5 Å². The van der Waals surface area contributed by atoms with Gasteiger partial charge in [0.25, 0.3) is 0 Å². The van der Waals surface area contributed by atoms with Crippen LogP contribution in [-0.4, -0.2) is 31.3 Å². The van der Waals surface area contributed by atoms with Gasteiger partial charge in [-0.15, -0.1) is 0 Å². The summed E-state index contributed by atoms with van der Waals surface area (Å²) in [7, 11) is 4.80. The molecule has 8 heteroatoms. The van der Waals surface area contributed by atoms with Crippen LogP contribution in [0.5, 0.6) is 17.2 Å². The lowest BCUT2D eigenvalue weighted by molar-refractivity contribution is 0.405. The molecule has 0 bridgehead atoms. The van der Waals surface area contributed by atoms with Crippen molar-refractivity contribution < 1.29 is 14.2 Å². The summed E-state index contributed by atoms with van der Waals surface area (Å²) in [6, 6.07) is 12.5. The molecule has 0 aliphatic heterocycles. The molecule has 0 saturated heterocycles. The van der Waals surface area contributed by atoms with E-state index in [0.717, 1.165) is 5.69 Å². The molecule has 2 aromatic carbocycles.